The van der Waals surface area contributed by atoms with Crippen LogP contribution < -0.4 is 4.74 Å². The molecule has 2 aromatic rings. The predicted octanol–water partition coefficient (Wildman–Crippen LogP) is 4.58. The fraction of sp³-hybridized carbons (Fsp3) is 0.278. The number of unbranched alkanes of at least 4 members (excludes halogenated alkanes) is 1. The van der Waals surface area contributed by atoms with Crippen LogP contribution in [0.5, 0.6) is 5.75 Å². The summed E-state index contributed by atoms with van der Waals surface area (Å²) in [5.41, 5.74) is 3.95. The van der Waals surface area contributed by atoms with Crippen LogP contribution in [-0.2, 0) is 6.42 Å². The second-order valence-electron chi connectivity index (χ2n) is 4.76. The second-order valence-corrected chi connectivity index (χ2v) is 4.76. The Bertz CT molecular complexity index is 626. The minimum atomic E-state index is 0.690. The Kier molecular flexibility index (Phi) is 4.79. The first-order chi connectivity index (χ1) is 9.81. The highest BCUT2D eigenvalue weighted by molar-refractivity contribution is 5.78. The van der Waals surface area contributed by atoms with E-state index in [4.69, 9.17) is 4.74 Å². The molecule has 2 aromatic carbocycles. The third kappa shape index (κ3) is 2.83. The van der Waals surface area contributed by atoms with Crippen molar-refractivity contribution >= 4 is 0 Å². The van der Waals surface area contributed by atoms with E-state index in [9.17, 15) is 5.26 Å². The third-order valence-corrected chi connectivity index (χ3v) is 3.45. The van der Waals surface area contributed by atoms with Gasteiger partial charge in [0.1, 0.15) is 5.75 Å². The molecule has 0 saturated heterocycles. The molecule has 0 radical (unpaired) electrons. The van der Waals surface area contributed by atoms with E-state index in [2.05, 4.69) is 19.1 Å². The van der Waals surface area contributed by atoms with Gasteiger partial charge in [-0.1, -0.05) is 43.7 Å². The zero-order chi connectivity index (χ0) is 14.4. The predicted molar refractivity (Wildman–Crippen MR) is 81.8 cm³/mol. The highest BCUT2D eigenvalue weighted by atomic mass is 16.5. The standard InChI is InChI=1S/C18H19NO/c1-3-4-8-14-10-7-12-17(20-2)18(14)16-11-6-5-9-15(16)13-19/h5-7,9-12H,3-4,8H2,1-2H3. The van der Waals surface area contributed by atoms with Crippen LogP contribution in [0.15, 0.2) is 42.5 Å². The number of ether oxygens (including phenoxy) is 1. The van der Waals surface area contributed by atoms with Crippen LogP contribution in [0, 0.1) is 11.3 Å². The van der Waals surface area contributed by atoms with Crippen LogP contribution in [0.3, 0.4) is 0 Å². The summed E-state index contributed by atoms with van der Waals surface area (Å²) in [4.78, 5) is 0. The lowest BCUT2D eigenvalue weighted by molar-refractivity contribution is 0.416. The van der Waals surface area contributed by atoms with Crippen LogP contribution in [0.1, 0.15) is 30.9 Å². The molecule has 0 N–H and O–H groups in total. The molecule has 2 rings (SSSR count). The summed E-state index contributed by atoms with van der Waals surface area (Å²) in [5, 5.41) is 9.32. The zero-order valence-electron chi connectivity index (χ0n) is 12.0. The number of hydrogen-bond donors (Lipinski definition) is 0. The molecule has 0 fully saturated rings. The summed E-state index contributed by atoms with van der Waals surface area (Å²) in [6.45, 7) is 2.18. The van der Waals surface area contributed by atoms with Crippen molar-refractivity contribution in [2.24, 2.45) is 0 Å². The number of nitriles is 1. The Hall–Kier alpha value is -2.27. The van der Waals surface area contributed by atoms with Gasteiger partial charge >= 0.3 is 0 Å². The summed E-state index contributed by atoms with van der Waals surface area (Å²) in [6, 6.07) is 16.1. The lowest BCUT2D eigenvalue weighted by atomic mass is 9.92. The summed E-state index contributed by atoms with van der Waals surface area (Å²) < 4.78 is 5.51. The van der Waals surface area contributed by atoms with Crippen LogP contribution >= 0.6 is 0 Å². The van der Waals surface area contributed by atoms with E-state index in [0.717, 1.165) is 36.1 Å². The maximum Gasteiger partial charge on any atom is 0.127 e. The molecule has 102 valence electrons. The van der Waals surface area contributed by atoms with Gasteiger partial charge in [-0.15, -0.1) is 0 Å². The molecule has 0 unspecified atom stereocenters. The molecule has 20 heavy (non-hydrogen) atoms. The van der Waals surface area contributed by atoms with Crippen molar-refractivity contribution in [3.05, 3.63) is 53.6 Å². The SMILES string of the molecule is CCCCc1cccc(OC)c1-c1ccccc1C#N. The van der Waals surface area contributed by atoms with Gasteiger partial charge in [0.15, 0.2) is 0 Å². The van der Waals surface area contributed by atoms with E-state index >= 15 is 0 Å². The second kappa shape index (κ2) is 6.77. The van der Waals surface area contributed by atoms with E-state index in [1.54, 1.807) is 7.11 Å². The molecule has 0 atom stereocenters. The van der Waals surface area contributed by atoms with Crippen molar-refractivity contribution in [3.8, 4) is 22.9 Å². The highest BCUT2D eigenvalue weighted by Crippen LogP contribution is 2.36. The molecular formula is C18H19NO. The maximum absolute atomic E-state index is 9.32. The topological polar surface area (TPSA) is 33.0 Å². The molecule has 0 aliphatic carbocycles. The molecule has 0 bridgehead atoms. The third-order valence-electron chi connectivity index (χ3n) is 3.45. The van der Waals surface area contributed by atoms with Gasteiger partial charge < -0.3 is 4.74 Å². The number of methoxy groups -OCH3 is 1. The van der Waals surface area contributed by atoms with Gasteiger partial charge in [0.25, 0.3) is 0 Å². The molecule has 0 saturated carbocycles. The Morgan fingerprint density at radius 3 is 2.60 bits per heavy atom. The van der Waals surface area contributed by atoms with Crippen molar-refractivity contribution in [2.75, 3.05) is 7.11 Å². The summed E-state index contributed by atoms with van der Waals surface area (Å²) in [5.74, 6) is 0.835. The summed E-state index contributed by atoms with van der Waals surface area (Å²) in [6.07, 6.45) is 3.29. The molecule has 0 aliphatic heterocycles. The van der Waals surface area contributed by atoms with Crippen molar-refractivity contribution in [1.29, 1.82) is 5.26 Å². The first-order valence-corrected chi connectivity index (χ1v) is 6.97. The monoisotopic (exact) mass is 265 g/mol. The summed E-state index contributed by atoms with van der Waals surface area (Å²) in [7, 11) is 1.68. The number of benzene rings is 2. The van der Waals surface area contributed by atoms with Crippen molar-refractivity contribution in [3.63, 3.8) is 0 Å². The van der Waals surface area contributed by atoms with E-state index in [-0.39, 0.29) is 0 Å². The number of rotatable bonds is 5. The molecule has 0 spiro atoms. The van der Waals surface area contributed by atoms with E-state index in [0.29, 0.717) is 5.56 Å². The van der Waals surface area contributed by atoms with Gasteiger partial charge in [-0.3, -0.25) is 0 Å². The summed E-state index contributed by atoms with van der Waals surface area (Å²) >= 11 is 0. The molecule has 0 aliphatic rings. The average molecular weight is 265 g/mol. The minimum Gasteiger partial charge on any atom is -0.496 e. The van der Waals surface area contributed by atoms with Crippen LogP contribution in [0.4, 0.5) is 0 Å². The van der Waals surface area contributed by atoms with Crippen molar-refractivity contribution < 1.29 is 4.74 Å². The first-order valence-electron chi connectivity index (χ1n) is 6.97. The van der Waals surface area contributed by atoms with Gasteiger partial charge in [-0.25, -0.2) is 0 Å². The Labute approximate surface area is 120 Å². The van der Waals surface area contributed by atoms with E-state index < -0.39 is 0 Å². The van der Waals surface area contributed by atoms with Gasteiger partial charge in [-0.2, -0.15) is 5.26 Å². The highest BCUT2D eigenvalue weighted by Gasteiger charge is 2.14. The molecule has 2 nitrogen and oxygen atoms in total. The fourth-order valence-corrected chi connectivity index (χ4v) is 2.43. The van der Waals surface area contributed by atoms with Crippen LogP contribution in [0.2, 0.25) is 0 Å². The number of hydrogen-bond acceptors (Lipinski definition) is 2. The van der Waals surface area contributed by atoms with Crippen LogP contribution in [-0.4, -0.2) is 7.11 Å². The lowest BCUT2D eigenvalue weighted by Gasteiger charge is -2.15. The van der Waals surface area contributed by atoms with Gasteiger partial charge in [-0.05, 0) is 30.5 Å². The van der Waals surface area contributed by atoms with Crippen LogP contribution in [0.25, 0.3) is 11.1 Å². The smallest absolute Gasteiger partial charge is 0.127 e. The molecule has 2 heteroatoms. The largest absolute Gasteiger partial charge is 0.496 e. The van der Waals surface area contributed by atoms with Crippen molar-refractivity contribution in [2.45, 2.75) is 26.2 Å². The molecule has 0 aromatic heterocycles. The number of aryl methyl sites for hydroxylation is 1. The number of nitrogens with zero attached hydrogens (tertiary/aromatic N) is 1. The molecule has 0 amide bonds. The maximum atomic E-state index is 9.32. The van der Waals surface area contributed by atoms with Gasteiger partial charge in [0, 0.05) is 11.1 Å². The Morgan fingerprint density at radius 2 is 1.90 bits per heavy atom. The Balaban J connectivity index is 2.61. The fourth-order valence-electron chi connectivity index (χ4n) is 2.43. The first kappa shape index (κ1) is 14.1. The van der Waals surface area contributed by atoms with E-state index in [1.807, 2.05) is 36.4 Å². The lowest BCUT2D eigenvalue weighted by Crippen LogP contribution is -1.96. The Morgan fingerprint density at radius 1 is 1.10 bits per heavy atom. The molecule has 0 heterocycles. The van der Waals surface area contributed by atoms with Gasteiger partial charge in [0.2, 0.25) is 0 Å². The average Bonchev–Trinajstić information content (AvgIpc) is 2.52. The van der Waals surface area contributed by atoms with Gasteiger partial charge in [0.05, 0.1) is 18.7 Å². The quantitative estimate of drug-likeness (QED) is 0.793. The van der Waals surface area contributed by atoms with E-state index in [1.165, 1.54) is 5.56 Å². The van der Waals surface area contributed by atoms with Crippen molar-refractivity contribution in [1.82, 2.24) is 0 Å². The minimum absolute atomic E-state index is 0.690. The molecular weight excluding hydrogens is 246 g/mol. The normalized spacial score (nSPS) is 10.1. The zero-order valence-corrected chi connectivity index (χ0v) is 12.0.